The van der Waals surface area contributed by atoms with Gasteiger partial charge in [0.15, 0.2) is 0 Å². The van der Waals surface area contributed by atoms with Gasteiger partial charge in [-0.05, 0) is 29.5 Å². The van der Waals surface area contributed by atoms with E-state index in [4.69, 9.17) is 0 Å². The van der Waals surface area contributed by atoms with Gasteiger partial charge in [-0.3, -0.25) is 0 Å². The lowest BCUT2D eigenvalue weighted by atomic mass is 10.0. The molecule has 0 amide bonds. The van der Waals surface area contributed by atoms with E-state index in [1.165, 1.54) is 0 Å². The molecule has 1 aliphatic rings. The molecule has 0 bridgehead atoms. The van der Waals surface area contributed by atoms with Gasteiger partial charge in [-0.15, -0.1) is 0 Å². The molecule has 1 aliphatic heterocycles. The van der Waals surface area contributed by atoms with Crippen LogP contribution < -0.4 is 5.32 Å². The van der Waals surface area contributed by atoms with Crippen LogP contribution in [-0.2, 0) is 16.6 Å². The summed E-state index contributed by atoms with van der Waals surface area (Å²) in [6.45, 7) is 10.3. The molecule has 21 heavy (non-hydrogen) atoms. The molecule has 0 radical (unpaired) electrons. The summed E-state index contributed by atoms with van der Waals surface area (Å²) >= 11 is 0. The molecule has 1 aromatic carbocycles. The summed E-state index contributed by atoms with van der Waals surface area (Å²) < 4.78 is 27.1. The Bertz CT molecular complexity index is 574. The van der Waals surface area contributed by atoms with Gasteiger partial charge in [0.05, 0.1) is 4.90 Å². The van der Waals surface area contributed by atoms with Crippen LogP contribution in [0.25, 0.3) is 0 Å². The molecular formula is C16H26N2O2S. The predicted octanol–water partition coefficient (Wildman–Crippen LogP) is 2.46. The molecule has 0 saturated carbocycles. The number of hydrogen-bond donors (Lipinski definition) is 1. The number of nitrogens with zero attached hydrogens (tertiary/aromatic N) is 1. The first-order valence-electron chi connectivity index (χ1n) is 7.63. The quantitative estimate of drug-likeness (QED) is 0.909. The third-order valence-electron chi connectivity index (χ3n) is 4.21. The van der Waals surface area contributed by atoms with Crippen LogP contribution in [0.15, 0.2) is 29.2 Å². The van der Waals surface area contributed by atoms with Crippen molar-refractivity contribution in [2.45, 2.75) is 45.2 Å². The van der Waals surface area contributed by atoms with Gasteiger partial charge >= 0.3 is 0 Å². The molecule has 2 atom stereocenters. The monoisotopic (exact) mass is 310 g/mol. The van der Waals surface area contributed by atoms with E-state index < -0.39 is 10.0 Å². The lowest BCUT2D eigenvalue weighted by molar-refractivity contribution is 0.463. The van der Waals surface area contributed by atoms with Gasteiger partial charge in [-0.2, -0.15) is 4.31 Å². The Morgan fingerprint density at radius 1 is 1.24 bits per heavy atom. The molecule has 1 saturated heterocycles. The van der Waals surface area contributed by atoms with Crippen molar-refractivity contribution in [3.63, 3.8) is 0 Å². The zero-order chi connectivity index (χ0) is 15.6. The molecule has 2 rings (SSSR count). The molecule has 0 spiro atoms. The molecule has 1 N–H and O–H groups in total. The van der Waals surface area contributed by atoms with Crippen LogP contribution in [0.3, 0.4) is 0 Å². The van der Waals surface area contributed by atoms with Crippen LogP contribution >= 0.6 is 0 Å². The molecule has 1 heterocycles. The van der Waals surface area contributed by atoms with E-state index in [2.05, 4.69) is 33.0 Å². The number of rotatable bonds is 5. The van der Waals surface area contributed by atoms with E-state index in [1.807, 2.05) is 12.1 Å². The van der Waals surface area contributed by atoms with Crippen LogP contribution in [0, 0.1) is 11.8 Å². The molecule has 0 aromatic heterocycles. The summed E-state index contributed by atoms with van der Waals surface area (Å²) in [4.78, 5) is 0.409. The second-order valence-electron chi connectivity index (χ2n) is 6.46. The third-order valence-corrected chi connectivity index (χ3v) is 6.03. The van der Waals surface area contributed by atoms with Gasteiger partial charge in [0.25, 0.3) is 0 Å². The van der Waals surface area contributed by atoms with Crippen LogP contribution in [0.4, 0.5) is 0 Å². The standard InChI is InChI=1S/C16H26N2O2S/c1-12(2)17-9-15-6-5-7-16(8-15)21(19,20)18-10-13(3)14(4)11-18/h5-8,12-14,17H,9-11H2,1-4H3. The van der Waals surface area contributed by atoms with Crippen LogP contribution in [0.5, 0.6) is 0 Å². The summed E-state index contributed by atoms with van der Waals surface area (Å²) in [5.41, 5.74) is 1.00. The Balaban J connectivity index is 2.19. The number of hydrogen-bond acceptors (Lipinski definition) is 3. The highest BCUT2D eigenvalue weighted by Crippen LogP contribution is 2.28. The van der Waals surface area contributed by atoms with Gasteiger partial charge in [0.2, 0.25) is 10.0 Å². The van der Waals surface area contributed by atoms with Gasteiger partial charge in [0.1, 0.15) is 0 Å². The van der Waals surface area contributed by atoms with Crippen molar-refractivity contribution in [3.05, 3.63) is 29.8 Å². The fourth-order valence-corrected chi connectivity index (χ4v) is 4.27. The minimum Gasteiger partial charge on any atom is -0.310 e. The Labute approximate surface area is 128 Å². The van der Waals surface area contributed by atoms with Crippen molar-refractivity contribution in [3.8, 4) is 0 Å². The highest BCUT2D eigenvalue weighted by atomic mass is 32.2. The Kier molecular flexibility index (Phi) is 5.07. The van der Waals surface area contributed by atoms with E-state index in [0.29, 0.717) is 42.4 Å². The normalized spacial score (nSPS) is 23.9. The van der Waals surface area contributed by atoms with Gasteiger partial charge in [-0.25, -0.2) is 8.42 Å². The first kappa shape index (κ1) is 16.5. The highest BCUT2D eigenvalue weighted by molar-refractivity contribution is 7.89. The van der Waals surface area contributed by atoms with Crippen LogP contribution in [0.2, 0.25) is 0 Å². The summed E-state index contributed by atoms with van der Waals surface area (Å²) in [6.07, 6.45) is 0. The maximum atomic E-state index is 12.7. The van der Waals surface area contributed by atoms with E-state index in [1.54, 1.807) is 16.4 Å². The molecule has 2 unspecified atom stereocenters. The van der Waals surface area contributed by atoms with Crippen LogP contribution in [-0.4, -0.2) is 31.9 Å². The molecule has 5 heteroatoms. The first-order chi connectivity index (χ1) is 9.80. The number of sulfonamides is 1. The van der Waals surface area contributed by atoms with Crippen LogP contribution in [0.1, 0.15) is 33.3 Å². The number of nitrogens with one attached hydrogen (secondary N) is 1. The van der Waals surface area contributed by atoms with Crippen molar-refractivity contribution in [1.29, 1.82) is 0 Å². The third kappa shape index (κ3) is 3.84. The number of benzene rings is 1. The molecular weight excluding hydrogens is 284 g/mol. The zero-order valence-electron chi connectivity index (χ0n) is 13.3. The molecule has 118 valence electrons. The average Bonchev–Trinajstić information content (AvgIpc) is 2.77. The topological polar surface area (TPSA) is 49.4 Å². The minimum atomic E-state index is -3.36. The van der Waals surface area contributed by atoms with E-state index >= 15 is 0 Å². The van der Waals surface area contributed by atoms with Crippen molar-refractivity contribution >= 4 is 10.0 Å². The van der Waals surface area contributed by atoms with E-state index in [9.17, 15) is 8.42 Å². The van der Waals surface area contributed by atoms with Gasteiger partial charge in [-0.1, -0.05) is 39.8 Å². The maximum absolute atomic E-state index is 12.7. The lowest BCUT2D eigenvalue weighted by Gasteiger charge is -2.17. The second-order valence-corrected chi connectivity index (χ2v) is 8.40. The predicted molar refractivity (Wildman–Crippen MR) is 85.5 cm³/mol. The average molecular weight is 310 g/mol. The zero-order valence-corrected chi connectivity index (χ0v) is 14.2. The largest absolute Gasteiger partial charge is 0.310 e. The summed E-state index contributed by atoms with van der Waals surface area (Å²) in [5.74, 6) is 0.844. The summed E-state index contributed by atoms with van der Waals surface area (Å²) in [7, 11) is -3.36. The van der Waals surface area contributed by atoms with Crippen molar-refractivity contribution in [1.82, 2.24) is 9.62 Å². The first-order valence-corrected chi connectivity index (χ1v) is 9.07. The fourth-order valence-electron chi connectivity index (χ4n) is 2.56. The summed E-state index contributed by atoms with van der Waals surface area (Å²) in [6, 6.07) is 7.65. The van der Waals surface area contributed by atoms with Crippen molar-refractivity contribution in [2.75, 3.05) is 13.1 Å². The Morgan fingerprint density at radius 2 is 1.86 bits per heavy atom. The maximum Gasteiger partial charge on any atom is 0.243 e. The van der Waals surface area contributed by atoms with Crippen molar-refractivity contribution in [2.24, 2.45) is 11.8 Å². The minimum absolute atomic E-state index is 0.380. The smallest absolute Gasteiger partial charge is 0.243 e. The summed E-state index contributed by atoms with van der Waals surface area (Å²) in [5, 5.41) is 3.32. The highest BCUT2D eigenvalue weighted by Gasteiger charge is 2.34. The second kappa shape index (κ2) is 6.46. The lowest BCUT2D eigenvalue weighted by Crippen LogP contribution is -2.29. The van der Waals surface area contributed by atoms with Gasteiger partial charge in [0, 0.05) is 25.7 Å². The SMILES string of the molecule is CC(C)NCc1cccc(S(=O)(=O)N2CC(C)C(C)C2)c1. The molecule has 1 fully saturated rings. The fraction of sp³-hybridized carbons (Fsp3) is 0.625. The van der Waals surface area contributed by atoms with E-state index in [-0.39, 0.29) is 0 Å². The Hall–Kier alpha value is -0.910. The van der Waals surface area contributed by atoms with Gasteiger partial charge < -0.3 is 5.32 Å². The van der Waals surface area contributed by atoms with Crippen molar-refractivity contribution < 1.29 is 8.42 Å². The molecule has 1 aromatic rings. The molecule has 4 nitrogen and oxygen atoms in total. The molecule has 0 aliphatic carbocycles. The van der Waals surface area contributed by atoms with E-state index in [0.717, 1.165) is 5.56 Å². The Morgan fingerprint density at radius 3 is 2.43 bits per heavy atom.